The van der Waals surface area contributed by atoms with E-state index in [0.717, 1.165) is 11.8 Å². The van der Waals surface area contributed by atoms with Gasteiger partial charge in [-0.15, -0.1) is 0 Å². The van der Waals surface area contributed by atoms with Crippen molar-refractivity contribution in [3.8, 4) is 0 Å². The molecule has 6 heteroatoms. The average molecular weight is 332 g/mol. The van der Waals surface area contributed by atoms with Gasteiger partial charge in [-0.3, -0.25) is 9.52 Å². The van der Waals surface area contributed by atoms with Crippen LogP contribution in [0.4, 0.5) is 11.4 Å². The van der Waals surface area contributed by atoms with Crippen LogP contribution >= 0.6 is 0 Å². The molecule has 0 radical (unpaired) electrons. The van der Waals surface area contributed by atoms with E-state index in [9.17, 15) is 13.2 Å². The van der Waals surface area contributed by atoms with Crippen molar-refractivity contribution < 1.29 is 13.2 Å². The molecule has 1 amide bonds. The summed E-state index contributed by atoms with van der Waals surface area (Å²) in [6.07, 6.45) is 1.05. The molecule has 0 atom stereocenters. The lowest BCUT2D eigenvalue weighted by Gasteiger charge is -2.12. The molecular formula is C17H20N2O3S. The summed E-state index contributed by atoms with van der Waals surface area (Å²) < 4.78 is 25.2. The molecule has 0 aliphatic rings. The Bertz CT molecular complexity index is 814. The van der Waals surface area contributed by atoms with Crippen LogP contribution in [0.5, 0.6) is 0 Å². The Morgan fingerprint density at radius 2 is 1.74 bits per heavy atom. The van der Waals surface area contributed by atoms with Crippen molar-refractivity contribution in [1.82, 2.24) is 0 Å². The number of amides is 1. The highest BCUT2D eigenvalue weighted by Gasteiger charge is 2.14. The van der Waals surface area contributed by atoms with Crippen molar-refractivity contribution >= 4 is 27.3 Å². The number of benzene rings is 2. The predicted octanol–water partition coefficient (Wildman–Crippen LogP) is 3.43. The van der Waals surface area contributed by atoms with Gasteiger partial charge < -0.3 is 5.32 Å². The van der Waals surface area contributed by atoms with Gasteiger partial charge in [-0.2, -0.15) is 0 Å². The predicted molar refractivity (Wildman–Crippen MR) is 93.4 cm³/mol. The SMILES string of the molecule is CC(C)c1cccc(NC(=O)c2ccccc2NS(C)(=O)=O)c1. The lowest BCUT2D eigenvalue weighted by molar-refractivity contribution is 0.102. The van der Waals surface area contributed by atoms with Gasteiger partial charge in [0.05, 0.1) is 17.5 Å². The highest BCUT2D eigenvalue weighted by molar-refractivity contribution is 7.92. The van der Waals surface area contributed by atoms with Gasteiger partial charge in [-0.1, -0.05) is 38.1 Å². The van der Waals surface area contributed by atoms with Gasteiger partial charge in [0.2, 0.25) is 10.0 Å². The van der Waals surface area contributed by atoms with E-state index in [0.29, 0.717) is 11.6 Å². The van der Waals surface area contributed by atoms with Gasteiger partial charge in [0.25, 0.3) is 5.91 Å². The third-order valence-corrected chi connectivity index (χ3v) is 3.87. The van der Waals surface area contributed by atoms with Crippen molar-refractivity contribution in [1.29, 1.82) is 0 Å². The summed E-state index contributed by atoms with van der Waals surface area (Å²) in [5, 5.41) is 2.81. The number of carbonyl (C=O) groups is 1. The zero-order valence-electron chi connectivity index (χ0n) is 13.3. The Balaban J connectivity index is 2.26. The van der Waals surface area contributed by atoms with E-state index in [1.807, 2.05) is 18.2 Å². The molecule has 0 aliphatic heterocycles. The summed E-state index contributed by atoms with van der Waals surface area (Å²) in [5.41, 5.74) is 2.32. The normalized spacial score (nSPS) is 11.3. The second kappa shape index (κ2) is 6.83. The van der Waals surface area contributed by atoms with Crippen LogP contribution in [0.25, 0.3) is 0 Å². The van der Waals surface area contributed by atoms with Gasteiger partial charge in [0.15, 0.2) is 0 Å². The number of rotatable bonds is 5. The summed E-state index contributed by atoms with van der Waals surface area (Å²) in [6.45, 7) is 4.15. The molecule has 0 bridgehead atoms. The largest absolute Gasteiger partial charge is 0.322 e. The van der Waals surface area contributed by atoms with Crippen molar-refractivity contribution in [3.63, 3.8) is 0 Å². The molecule has 0 spiro atoms. The summed E-state index contributed by atoms with van der Waals surface area (Å²) in [6, 6.07) is 14.1. The van der Waals surface area contributed by atoms with Crippen LogP contribution in [0.15, 0.2) is 48.5 Å². The van der Waals surface area contributed by atoms with Crippen molar-refractivity contribution in [2.45, 2.75) is 19.8 Å². The van der Waals surface area contributed by atoms with E-state index >= 15 is 0 Å². The number of sulfonamides is 1. The van der Waals surface area contributed by atoms with Gasteiger partial charge in [-0.05, 0) is 35.7 Å². The van der Waals surface area contributed by atoms with Crippen LogP contribution in [-0.4, -0.2) is 20.6 Å². The maximum absolute atomic E-state index is 12.5. The van der Waals surface area contributed by atoms with Crippen molar-refractivity contribution in [3.05, 3.63) is 59.7 Å². The van der Waals surface area contributed by atoms with E-state index in [-0.39, 0.29) is 17.2 Å². The van der Waals surface area contributed by atoms with Gasteiger partial charge >= 0.3 is 0 Å². The minimum atomic E-state index is -3.45. The molecule has 0 fully saturated rings. The average Bonchev–Trinajstić information content (AvgIpc) is 2.46. The molecule has 2 N–H and O–H groups in total. The molecular weight excluding hydrogens is 312 g/mol. The molecule has 0 saturated heterocycles. The molecule has 0 saturated carbocycles. The fourth-order valence-corrected chi connectivity index (χ4v) is 2.72. The Labute approximate surface area is 136 Å². The standard InChI is InChI=1S/C17H20N2O3S/c1-12(2)13-7-6-8-14(11-13)18-17(20)15-9-4-5-10-16(15)19-23(3,21)22/h4-12,19H,1-3H3,(H,18,20). The van der Waals surface area contributed by atoms with Gasteiger partial charge in [-0.25, -0.2) is 8.42 Å². The number of hydrogen-bond acceptors (Lipinski definition) is 3. The molecule has 2 aromatic rings. The van der Waals surface area contributed by atoms with Gasteiger partial charge in [0, 0.05) is 5.69 Å². The maximum atomic E-state index is 12.5. The Morgan fingerprint density at radius 1 is 1.04 bits per heavy atom. The first kappa shape index (κ1) is 17.0. The zero-order valence-corrected chi connectivity index (χ0v) is 14.1. The topological polar surface area (TPSA) is 75.3 Å². The third-order valence-electron chi connectivity index (χ3n) is 3.28. The molecule has 2 rings (SSSR count). The van der Waals surface area contributed by atoms with Crippen LogP contribution in [0.2, 0.25) is 0 Å². The minimum Gasteiger partial charge on any atom is -0.322 e. The van der Waals surface area contributed by atoms with E-state index < -0.39 is 10.0 Å². The summed E-state index contributed by atoms with van der Waals surface area (Å²) in [7, 11) is -3.45. The maximum Gasteiger partial charge on any atom is 0.257 e. The Hall–Kier alpha value is -2.34. The number of anilines is 2. The minimum absolute atomic E-state index is 0.257. The number of hydrogen-bond donors (Lipinski definition) is 2. The first-order chi connectivity index (χ1) is 10.8. The first-order valence-electron chi connectivity index (χ1n) is 7.24. The van der Waals surface area contributed by atoms with Gasteiger partial charge in [0.1, 0.15) is 0 Å². The highest BCUT2D eigenvalue weighted by Crippen LogP contribution is 2.21. The molecule has 5 nitrogen and oxygen atoms in total. The number of para-hydroxylation sites is 1. The monoisotopic (exact) mass is 332 g/mol. The second-order valence-corrected chi connectivity index (χ2v) is 7.40. The van der Waals surface area contributed by atoms with Crippen LogP contribution in [0, 0.1) is 0 Å². The quantitative estimate of drug-likeness (QED) is 0.881. The summed E-state index contributed by atoms with van der Waals surface area (Å²) in [4.78, 5) is 12.5. The van der Waals surface area contributed by atoms with E-state index in [1.165, 1.54) is 0 Å². The lowest BCUT2D eigenvalue weighted by Crippen LogP contribution is -2.17. The van der Waals surface area contributed by atoms with E-state index in [4.69, 9.17) is 0 Å². The number of nitrogens with one attached hydrogen (secondary N) is 2. The van der Waals surface area contributed by atoms with Crippen molar-refractivity contribution in [2.75, 3.05) is 16.3 Å². The zero-order chi connectivity index (χ0) is 17.0. The Morgan fingerprint density at radius 3 is 2.39 bits per heavy atom. The fraction of sp³-hybridized carbons (Fsp3) is 0.235. The molecule has 0 aromatic heterocycles. The molecule has 122 valence electrons. The second-order valence-electron chi connectivity index (χ2n) is 5.65. The van der Waals surface area contributed by atoms with E-state index in [2.05, 4.69) is 23.9 Å². The fourth-order valence-electron chi connectivity index (χ4n) is 2.14. The van der Waals surface area contributed by atoms with Crippen LogP contribution < -0.4 is 10.0 Å². The molecule has 23 heavy (non-hydrogen) atoms. The van der Waals surface area contributed by atoms with Crippen LogP contribution in [0.3, 0.4) is 0 Å². The molecule has 0 heterocycles. The Kier molecular flexibility index (Phi) is 5.05. The highest BCUT2D eigenvalue weighted by atomic mass is 32.2. The first-order valence-corrected chi connectivity index (χ1v) is 9.13. The summed E-state index contributed by atoms with van der Waals surface area (Å²) in [5.74, 6) is -0.0105. The molecule has 0 unspecified atom stereocenters. The van der Waals surface area contributed by atoms with Crippen LogP contribution in [0.1, 0.15) is 35.7 Å². The van der Waals surface area contributed by atoms with E-state index in [1.54, 1.807) is 30.3 Å². The molecule has 0 aliphatic carbocycles. The number of carbonyl (C=O) groups excluding carboxylic acids is 1. The lowest BCUT2D eigenvalue weighted by atomic mass is 10.0. The van der Waals surface area contributed by atoms with Crippen molar-refractivity contribution in [2.24, 2.45) is 0 Å². The molecule has 2 aromatic carbocycles. The summed E-state index contributed by atoms with van der Waals surface area (Å²) >= 11 is 0. The smallest absolute Gasteiger partial charge is 0.257 e. The third kappa shape index (κ3) is 4.82. The van der Waals surface area contributed by atoms with Crippen LogP contribution in [-0.2, 0) is 10.0 Å².